The van der Waals surface area contributed by atoms with Gasteiger partial charge in [-0.25, -0.2) is 0 Å². The normalized spacial score (nSPS) is 16.7. The van der Waals surface area contributed by atoms with Crippen LogP contribution in [0.2, 0.25) is 0 Å². The van der Waals surface area contributed by atoms with Gasteiger partial charge in [-0.15, -0.1) is 0 Å². The highest BCUT2D eigenvalue weighted by Gasteiger charge is 2.30. The third-order valence-electron chi connectivity index (χ3n) is 3.31. The highest BCUT2D eigenvalue weighted by atomic mass is 79.9. The van der Waals surface area contributed by atoms with Gasteiger partial charge in [0.25, 0.3) is 0 Å². The van der Waals surface area contributed by atoms with Gasteiger partial charge in [-0.05, 0) is 43.5 Å². The van der Waals surface area contributed by atoms with E-state index in [1.54, 1.807) is 7.11 Å². The fourth-order valence-corrected chi connectivity index (χ4v) is 2.61. The Morgan fingerprint density at radius 3 is 2.78 bits per heavy atom. The molecule has 1 aliphatic carbocycles. The molecule has 1 saturated carbocycles. The Bertz CT molecular complexity index is 405. The smallest absolute Gasteiger partial charge is 0.0637 e. The lowest BCUT2D eigenvalue weighted by Gasteiger charge is -2.28. The maximum absolute atomic E-state index is 6.09. The van der Waals surface area contributed by atoms with Crippen molar-refractivity contribution < 1.29 is 4.74 Å². The van der Waals surface area contributed by atoms with Crippen LogP contribution in [0, 0.1) is 0 Å². The lowest BCUT2D eigenvalue weighted by Crippen LogP contribution is -2.31. The highest BCUT2D eigenvalue weighted by Crippen LogP contribution is 2.36. The predicted octanol–water partition coefficient (Wildman–Crippen LogP) is 3.08. The van der Waals surface area contributed by atoms with E-state index in [9.17, 15) is 0 Å². The van der Waals surface area contributed by atoms with Gasteiger partial charge in [-0.2, -0.15) is 0 Å². The van der Waals surface area contributed by atoms with E-state index in [2.05, 4.69) is 39.0 Å². The van der Waals surface area contributed by atoms with Gasteiger partial charge < -0.3 is 15.4 Å². The molecule has 3 nitrogen and oxygen atoms in total. The fourth-order valence-electron chi connectivity index (χ4n) is 2.23. The molecule has 100 valence electrons. The SMILES string of the molecule is COCCN(c1ccc(Br)cc1C(C)N)C1CC1. The number of nitrogens with zero attached hydrogens (tertiary/aromatic N) is 1. The molecule has 1 aliphatic rings. The van der Waals surface area contributed by atoms with Crippen molar-refractivity contribution in [2.45, 2.75) is 31.8 Å². The molecule has 1 fully saturated rings. The van der Waals surface area contributed by atoms with Crippen LogP contribution in [0.1, 0.15) is 31.4 Å². The third kappa shape index (κ3) is 3.25. The van der Waals surface area contributed by atoms with Gasteiger partial charge in [0.15, 0.2) is 0 Å². The molecule has 2 rings (SSSR count). The van der Waals surface area contributed by atoms with Gasteiger partial charge in [-0.3, -0.25) is 0 Å². The molecule has 1 atom stereocenters. The van der Waals surface area contributed by atoms with Crippen LogP contribution < -0.4 is 10.6 Å². The molecular weight excluding hydrogens is 292 g/mol. The van der Waals surface area contributed by atoms with Crippen LogP contribution in [-0.2, 0) is 4.74 Å². The zero-order valence-corrected chi connectivity index (χ0v) is 12.6. The predicted molar refractivity (Wildman–Crippen MR) is 79.0 cm³/mol. The van der Waals surface area contributed by atoms with E-state index in [0.717, 1.165) is 17.6 Å². The molecular formula is C14H21BrN2O. The second-order valence-electron chi connectivity index (χ2n) is 4.91. The second kappa shape index (κ2) is 6.04. The molecule has 0 radical (unpaired) electrons. The van der Waals surface area contributed by atoms with Crippen LogP contribution in [0.15, 0.2) is 22.7 Å². The minimum atomic E-state index is 0.0429. The summed E-state index contributed by atoms with van der Waals surface area (Å²) in [6.07, 6.45) is 2.55. The molecule has 0 heterocycles. The molecule has 0 saturated heterocycles. The number of benzene rings is 1. The summed E-state index contributed by atoms with van der Waals surface area (Å²) in [7, 11) is 1.75. The summed E-state index contributed by atoms with van der Waals surface area (Å²) in [6.45, 7) is 3.72. The van der Waals surface area contributed by atoms with E-state index in [1.807, 2.05) is 6.92 Å². The Hall–Kier alpha value is -0.580. The molecule has 0 bridgehead atoms. The monoisotopic (exact) mass is 312 g/mol. The van der Waals surface area contributed by atoms with Gasteiger partial charge in [-0.1, -0.05) is 15.9 Å². The maximum Gasteiger partial charge on any atom is 0.0637 e. The lowest BCUT2D eigenvalue weighted by molar-refractivity contribution is 0.205. The largest absolute Gasteiger partial charge is 0.383 e. The van der Waals surface area contributed by atoms with Crippen LogP contribution in [0.25, 0.3) is 0 Å². The van der Waals surface area contributed by atoms with E-state index in [1.165, 1.54) is 24.1 Å². The Balaban J connectivity index is 2.28. The molecule has 1 aromatic carbocycles. The van der Waals surface area contributed by atoms with Crippen molar-refractivity contribution in [3.8, 4) is 0 Å². The molecule has 0 spiro atoms. The van der Waals surface area contributed by atoms with Crippen LogP contribution in [-0.4, -0.2) is 26.3 Å². The van der Waals surface area contributed by atoms with Crippen LogP contribution in [0.5, 0.6) is 0 Å². The molecule has 0 amide bonds. The standard InChI is InChI=1S/C14H21BrN2O/c1-10(16)13-9-11(15)3-6-14(13)17(7-8-18-2)12-4-5-12/h3,6,9-10,12H,4-5,7-8,16H2,1-2H3. The Morgan fingerprint density at radius 2 is 2.22 bits per heavy atom. The lowest BCUT2D eigenvalue weighted by atomic mass is 10.1. The number of ether oxygens (including phenoxy) is 1. The van der Waals surface area contributed by atoms with Crippen LogP contribution in [0.4, 0.5) is 5.69 Å². The van der Waals surface area contributed by atoms with Crippen LogP contribution >= 0.6 is 15.9 Å². The van der Waals surface area contributed by atoms with E-state index in [-0.39, 0.29) is 6.04 Å². The summed E-state index contributed by atoms with van der Waals surface area (Å²) in [5.41, 5.74) is 8.55. The summed E-state index contributed by atoms with van der Waals surface area (Å²) in [4.78, 5) is 2.44. The molecule has 18 heavy (non-hydrogen) atoms. The van der Waals surface area contributed by atoms with Gasteiger partial charge >= 0.3 is 0 Å². The van der Waals surface area contributed by atoms with Crippen molar-refractivity contribution in [2.75, 3.05) is 25.2 Å². The number of methoxy groups -OCH3 is 1. The summed E-state index contributed by atoms with van der Waals surface area (Å²) < 4.78 is 6.30. The fraction of sp³-hybridized carbons (Fsp3) is 0.571. The topological polar surface area (TPSA) is 38.5 Å². The van der Waals surface area contributed by atoms with E-state index in [0.29, 0.717) is 6.04 Å². The second-order valence-corrected chi connectivity index (χ2v) is 5.82. The van der Waals surface area contributed by atoms with Gasteiger partial charge in [0.05, 0.1) is 6.61 Å². The quantitative estimate of drug-likeness (QED) is 0.877. The Kier molecular flexibility index (Phi) is 4.65. The average molecular weight is 313 g/mol. The van der Waals surface area contributed by atoms with E-state index in [4.69, 9.17) is 10.5 Å². The first-order valence-electron chi connectivity index (χ1n) is 6.44. The Labute approximate surface area is 117 Å². The first-order valence-corrected chi connectivity index (χ1v) is 7.23. The molecule has 1 unspecified atom stereocenters. The number of halogens is 1. The summed E-state index contributed by atoms with van der Waals surface area (Å²) in [6, 6.07) is 7.09. The molecule has 0 aliphatic heterocycles. The minimum absolute atomic E-state index is 0.0429. The number of nitrogens with two attached hydrogens (primary N) is 1. The number of rotatable bonds is 6. The first kappa shape index (κ1) is 13.8. The van der Waals surface area contributed by atoms with Crippen molar-refractivity contribution in [3.63, 3.8) is 0 Å². The van der Waals surface area contributed by atoms with Gasteiger partial charge in [0, 0.05) is 35.9 Å². The van der Waals surface area contributed by atoms with Crippen LogP contribution in [0.3, 0.4) is 0 Å². The van der Waals surface area contributed by atoms with E-state index >= 15 is 0 Å². The van der Waals surface area contributed by atoms with Crippen molar-refractivity contribution >= 4 is 21.6 Å². The molecule has 2 N–H and O–H groups in total. The first-order chi connectivity index (χ1) is 8.63. The zero-order valence-electron chi connectivity index (χ0n) is 11.0. The molecule has 1 aromatic rings. The van der Waals surface area contributed by atoms with Crippen molar-refractivity contribution in [3.05, 3.63) is 28.2 Å². The van der Waals surface area contributed by atoms with Gasteiger partial charge in [0.2, 0.25) is 0 Å². The van der Waals surface area contributed by atoms with Gasteiger partial charge in [0.1, 0.15) is 0 Å². The number of anilines is 1. The number of hydrogen-bond donors (Lipinski definition) is 1. The molecule has 4 heteroatoms. The summed E-state index contributed by atoms with van der Waals surface area (Å²) in [5.74, 6) is 0. The minimum Gasteiger partial charge on any atom is -0.383 e. The summed E-state index contributed by atoms with van der Waals surface area (Å²) >= 11 is 3.52. The van der Waals surface area contributed by atoms with E-state index < -0.39 is 0 Å². The zero-order chi connectivity index (χ0) is 13.1. The highest BCUT2D eigenvalue weighted by molar-refractivity contribution is 9.10. The molecule has 0 aromatic heterocycles. The maximum atomic E-state index is 6.09. The average Bonchev–Trinajstić information content (AvgIpc) is 3.15. The summed E-state index contributed by atoms with van der Waals surface area (Å²) in [5, 5.41) is 0. The third-order valence-corrected chi connectivity index (χ3v) is 3.81. The van der Waals surface area contributed by atoms with Crippen molar-refractivity contribution in [1.82, 2.24) is 0 Å². The van der Waals surface area contributed by atoms with Crippen molar-refractivity contribution in [2.24, 2.45) is 5.73 Å². The number of hydrogen-bond acceptors (Lipinski definition) is 3. The Morgan fingerprint density at radius 1 is 1.50 bits per heavy atom. The van der Waals surface area contributed by atoms with Crippen molar-refractivity contribution in [1.29, 1.82) is 0 Å².